The Morgan fingerprint density at radius 2 is 2.00 bits per heavy atom. The van der Waals surface area contributed by atoms with Crippen molar-refractivity contribution in [1.29, 1.82) is 0 Å². The summed E-state index contributed by atoms with van der Waals surface area (Å²) >= 11 is 0. The third kappa shape index (κ3) is 1.48. The van der Waals surface area contributed by atoms with Gasteiger partial charge in [0.1, 0.15) is 0 Å². The molecule has 0 aliphatic carbocycles. The van der Waals surface area contributed by atoms with E-state index in [1.54, 1.807) is 19.1 Å². The molecule has 1 N–H and O–H groups in total. The van der Waals surface area contributed by atoms with E-state index in [0.29, 0.717) is 11.4 Å². The first-order valence-electron chi connectivity index (χ1n) is 4.41. The molecule has 0 aromatic heterocycles. The number of para-hydroxylation sites is 1. The lowest BCUT2D eigenvalue weighted by Crippen LogP contribution is -2.27. The Bertz CT molecular complexity index is 451. The van der Waals surface area contributed by atoms with E-state index in [-0.39, 0.29) is 5.71 Å². The molecule has 0 radical (unpaired) electrons. The SMILES string of the molecule is CC1=NN(c2ccccc2)C(=O)C1=NO. The van der Waals surface area contributed by atoms with Crippen LogP contribution in [0.4, 0.5) is 5.69 Å². The molecule has 0 saturated heterocycles. The summed E-state index contributed by atoms with van der Waals surface area (Å²) in [6, 6.07) is 8.98. The lowest BCUT2D eigenvalue weighted by molar-refractivity contribution is -0.112. The molecule has 2 rings (SSSR count). The third-order valence-corrected chi connectivity index (χ3v) is 2.09. The molecule has 1 aromatic rings. The van der Waals surface area contributed by atoms with Crippen molar-refractivity contribution in [1.82, 2.24) is 0 Å². The summed E-state index contributed by atoms with van der Waals surface area (Å²) in [6.07, 6.45) is 0. The van der Waals surface area contributed by atoms with Gasteiger partial charge in [0.05, 0.1) is 11.4 Å². The molecule has 0 saturated carbocycles. The van der Waals surface area contributed by atoms with E-state index < -0.39 is 5.91 Å². The number of hydrogen-bond acceptors (Lipinski definition) is 4. The first-order chi connectivity index (χ1) is 7.24. The predicted molar refractivity (Wildman–Crippen MR) is 56.3 cm³/mol. The van der Waals surface area contributed by atoms with Gasteiger partial charge < -0.3 is 5.21 Å². The van der Waals surface area contributed by atoms with E-state index in [4.69, 9.17) is 5.21 Å². The highest BCUT2D eigenvalue weighted by molar-refractivity contribution is 6.71. The Morgan fingerprint density at radius 3 is 2.53 bits per heavy atom. The van der Waals surface area contributed by atoms with Crippen molar-refractivity contribution in [3.63, 3.8) is 0 Å². The smallest absolute Gasteiger partial charge is 0.302 e. The number of amides is 1. The Kier molecular flexibility index (Phi) is 2.21. The van der Waals surface area contributed by atoms with Crippen molar-refractivity contribution in [3.05, 3.63) is 30.3 Å². The molecule has 0 fully saturated rings. The lowest BCUT2D eigenvalue weighted by Gasteiger charge is -2.09. The lowest BCUT2D eigenvalue weighted by atomic mass is 10.2. The zero-order chi connectivity index (χ0) is 10.8. The van der Waals surface area contributed by atoms with Gasteiger partial charge in [-0.05, 0) is 19.1 Å². The van der Waals surface area contributed by atoms with Gasteiger partial charge in [-0.25, -0.2) is 0 Å². The molecule has 15 heavy (non-hydrogen) atoms. The van der Waals surface area contributed by atoms with Crippen LogP contribution < -0.4 is 5.01 Å². The van der Waals surface area contributed by atoms with Crippen LogP contribution in [-0.4, -0.2) is 22.5 Å². The van der Waals surface area contributed by atoms with E-state index in [9.17, 15) is 4.79 Å². The van der Waals surface area contributed by atoms with Crippen molar-refractivity contribution in [2.24, 2.45) is 10.3 Å². The highest BCUT2D eigenvalue weighted by Crippen LogP contribution is 2.18. The number of nitrogens with zero attached hydrogens (tertiary/aromatic N) is 3. The second kappa shape index (κ2) is 3.53. The zero-order valence-electron chi connectivity index (χ0n) is 8.08. The van der Waals surface area contributed by atoms with Gasteiger partial charge in [-0.3, -0.25) is 4.79 Å². The maximum atomic E-state index is 11.7. The van der Waals surface area contributed by atoms with E-state index in [1.165, 1.54) is 5.01 Å². The molecular formula is C10H9N3O2. The summed E-state index contributed by atoms with van der Waals surface area (Å²) in [7, 11) is 0. The minimum absolute atomic E-state index is 0.0150. The van der Waals surface area contributed by atoms with Crippen LogP contribution in [0.5, 0.6) is 0 Å². The topological polar surface area (TPSA) is 65.3 Å². The van der Waals surface area contributed by atoms with Crippen molar-refractivity contribution in [2.75, 3.05) is 5.01 Å². The molecular weight excluding hydrogens is 194 g/mol. The van der Waals surface area contributed by atoms with Gasteiger partial charge >= 0.3 is 5.91 Å². The summed E-state index contributed by atoms with van der Waals surface area (Å²) in [4.78, 5) is 11.7. The van der Waals surface area contributed by atoms with Gasteiger partial charge in [0.2, 0.25) is 0 Å². The highest BCUT2D eigenvalue weighted by Gasteiger charge is 2.30. The molecule has 0 spiro atoms. The van der Waals surface area contributed by atoms with Gasteiger partial charge in [0.15, 0.2) is 5.71 Å². The average molecular weight is 203 g/mol. The minimum Gasteiger partial charge on any atom is -0.410 e. The van der Waals surface area contributed by atoms with Crippen molar-refractivity contribution >= 4 is 23.0 Å². The van der Waals surface area contributed by atoms with Crippen LogP contribution in [0.2, 0.25) is 0 Å². The number of carbonyl (C=O) groups is 1. The van der Waals surface area contributed by atoms with Crippen LogP contribution in [0.3, 0.4) is 0 Å². The number of hydrogen-bond donors (Lipinski definition) is 1. The summed E-state index contributed by atoms with van der Waals surface area (Å²) in [6.45, 7) is 1.62. The van der Waals surface area contributed by atoms with Crippen LogP contribution >= 0.6 is 0 Å². The van der Waals surface area contributed by atoms with Crippen LogP contribution in [0, 0.1) is 0 Å². The maximum Gasteiger partial charge on any atom is 0.302 e. The summed E-state index contributed by atoms with van der Waals surface area (Å²) in [5.74, 6) is -0.416. The first-order valence-corrected chi connectivity index (χ1v) is 4.41. The van der Waals surface area contributed by atoms with E-state index in [2.05, 4.69) is 10.3 Å². The Balaban J connectivity index is 2.40. The van der Waals surface area contributed by atoms with E-state index in [0.717, 1.165) is 0 Å². The monoisotopic (exact) mass is 203 g/mol. The normalized spacial score (nSPS) is 18.5. The Morgan fingerprint density at radius 1 is 1.33 bits per heavy atom. The van der Waals surface area contributed by atoms with Gasteiger partial charge in [-0.15, -0.1) is 0 Å². The number of benzene rings is 1. The summed E-state index contributed by atoms with van der Waals surface area (Å²) < 4.78 is 0. The maximum absolute atomic E-state index is 11.7. The molecule has 1 aliphatic heterocycles. The first kappa shape index (κ1) is 9.39. The van der Waals surface area contributed by atoms with Crippen LogP contribution in [0.25, 0.3) is 0 Å². The molecule has 1 amide bonds. The Labute approximate surface area is 86.3 Å². The van der Waals surface area contributed by atoms with Crippen molar-refractivity contribution in [2.45, 2.75) is 6.92 Å². The van der Waals surface area contributed by atoms with Gasteiger partial charge in [-0.1, -0.05) is 23.4 Å². The fourth-order valence-electron chi connectivity index (χ4n) is 1.36. The average Bonchev–Trinajstić information content (AvgIpc) is 2.55. The number of rotatable bonds is 1. The highest BCUT2D eigenvalue weighted by atomic mass is 16.4. The third-order valence-electron chi connectivity index (χ3n) is 2.09. The minimum atomic E-state index is -0.416. The molecule has 76 valence electrons. The Hall–Kier alpha value is -2.17. The molecule has 1 aromatic carbocycles. The van der Waals surface area contributed by atoms with Crippen molar-refractivity contribution in [3.8, 4) is 0 Å². The van der Waals surface area contributed by atoms with E-state index in [1.807, 2.05) is 18.2 Å². The summed E-state index contributed by atoms with van der Waals surface area (Å²) in [5, 5.41) is 16.8. The number of oxime groups is 1. The molecule has 0 unspecified atom stereocenters. The largest absolute Gasteiger partial charge is 0.410 e. The molecule has 0 atom stereocenters. The molecule has 0 bridgehead atoms. The van der Waals surface area contributed by atoms with Crippen LogP contribution in [-0.2, 0) is 4.79 Å². The van der Waals surface area contributed by atoms with Gasteiger partial charge in [-0.2, -0.15) is 10.1 Å². The molecule has 5 nitrogen and oxygen atoms in total. The van der Waals surface area contributed by atoms with Crippen LogP contribution in [0.1, 0.15) is 6.92 Å². The fourth-order valence-corrected chi connectivity index (χ4v) is 1.36. The molecule has 5 heteroatoms. The number of hydrazone groups is 1. The number of carbonyl (C=O) groups excluding carboxylic acids is 1. The van der Waals surface area contributed by atoms with Gasteiger partial charge in [0.25, 0.3) is 0 Å². The standard InChI is InChI=1S/C10H9N3O2/c1-7-9(12-15)10(14)13(11-7)8-5-3-2-4-6-8/h2-6,15H,1H3. The van der Waals surface area contributed by atoms with Gasteiger partial charge in [0, 0.05) is 0 Å². The van der Waals surface area contributed by atoms with Crippen molar-refractivity contribution < 1.29 is 10.0 Å². The quantitative estimate of drug-likeness (QED) is 0.551. The number of anilines is 1. The fraction of sp³-hybridized carbons (Fsp3) is 0.100. The second-order valence-corrected chi connectivity index (χ2v) is 3.09. The van der Waals surface area contributed by atoms with E-state index >= 15 is 0 Å². The molecule has 1 aliphatic rings. The zero-order valence-corrected chi connectivity index (χ0v) is 8.08. The summed E-state index contributed by atoms with van der Waals surface area (Å²) in [5.41, 5.74) is 1.05. The van der Waals surface area contributed by atoms with Crippen LogP contribution in [0.15, 0.2) is 40.6 Å². The second-order valence-electron chi connectivity index (χ2n) is 3.09. The molecule has 1 heterocycles. The predicted octanol–water partition coefficient (Wildman–Crippen LogP) is 1.24.